The SMILES string of the molecule is CC(C)(O)c1cc2nc(C3CCN(Cc4ccc(N5CCC(=O)NC5=O)cc4F)CC3)oc2cc1NC(=O)c1cccc(C(F)(F)F)n1. The van der Waals surface area contributed by atoms with Crippen molar-refractivity contribution in [1.82, 2.24) is 20.2 Å². The highest BCUT2D eigenvalue weighted by Gasteiger charge is 2.33. The maximum atomic E-state index is 15.0. The number of carbonyl (C=O) groups excluding carboxylic acids is 3. The van der Waals surface area contributed by atoms with Gasteiger partial charge in [-0.25, -0.2) is 19.2 Å². The first-order chi connectivity index (χ1) is 22.7. The van der Waals surface area contributed by atoms with Crippen LogP contribution in [0.5, 0.6) is 0 Å². The summed E-state index contributed by atoms with van der Waals surface area (Å²) in [5.41, 5.74) is -1.07. The number of hydrogen-bond acceptors (Lipinski definition) is 8. The van der Waals surface area contributed by atoms with E-state index in [0.29, 0.717) is 60.7 Å². The van der Waals surface area contributed by atoms with Crippen molar-refractivity contribution in [3.8, 4) is 0 Å². The molecule has 3 N–H and O–H groups in total. The zero-order chi connectivity index (χ0) is 34.4. The van der Waals surface area contributed by atoms with Gasteiger partial charge in [-0.3, -0.25) is 24.7 Å². The summed E-state index contributed by atoms with van der Waals surface area (Å²) in [5.74, 6) is -1.30. The van der Waals surface area contributed by atoms with E-state index in [9.17, 15) is 32.7 Å². The van der Waals surface area contributed by atoms with Crippen molar-refractivity contribution in [3.63, 3.8) is 0 Å². The number of halogens is 4. The predicted molar refractivity (Wildman–Crippen MR) is 166 cm³/mol. The van der Waals surface area contributed by atoms with E-state index >= 15 is 4.39 Å². The molecule has 4 amide bonds. The van der Waals surface area contributed by atoms with Gasteiger partial charge in [-0.05, 0) is 70.1 Å². The second kappa shape index (κ2) is 12.6. The second-order valence-electron chi connectivity index (χ2n) is 12.4. The number of amides is 4. The molecule has 0 bridgehead atoms. The average molecular weight is 669 g/mol. The fourth-order valence-corrected chi connectivity index (χ4v) is 5.90. The Bertz CT molecular complexity index is 1900. The molecule has 2 aromatic carbocycles. The number of hydrogen-bond donors (Lipinski definition) is 3. The third-order valence-electron chi connectivity index (χ3n) is 8.46. The molecule has 48 heavy (non-hydrogen) atoms. The van der Waals surface area contributed by atoms with Crippen LogP contribution in [0.2, 0.25) is 0 Å². The minimum atomic E-state index is -4.72. The minimum Gasteiger partial charge on any atom is -0.440 e. The standard InChI is InChI=1S/C33H32F4N6O5/c1-32(2,47)21-15-25-26(16-24(21)39-29(45)23-4-3-5-27(38-23)33(35,36)37)48-30(40-25)18-8-11-42(12-9-18)17-19-6-7-20(14-22(19)34)43-13-10-28(44)41-31(43)46/h3-7,14-16,18,47H,8-13,17H2,1-2H3,(H,39,45)(H,41,44,46). The molecule has 2 fully saturated rings. The van der Waals surface area contributed by atoms with Crippen LogP contribution in [0, 0.1) is 5.82 Å². The average Bonchev–Trinajstić information content (AvgIpc) is 3.44. The van der Waals surface area contributed by atoms with Crippen LogP contribution in [-0.2, 0) is 23.1 Å². The molecule has 2 aliphatic rings. The molecule has 15 heteroatoms. The largest absolute Gasteiger partial charge is 0.440 e. The van der Waals surface area contributed by atoms with Crippen LogP contribution in [-0.4, -0.2) is 57.5 Å². The fourth-order valence-electron chi connectivity index (χ4n) is 5.90. The molecule has 0 radical (unpaired) electrons. The fraction of sp³-hybridized carbons (Fsp3) is 0.364. The van der Waals surface area contributed by atoms with E-state index in [4.69, 9.17) is 4.42 Å². The number of rotatable bonds is 7. The van der Waals surface area contributed by atoms with Crippen LogP contribution in [0.15, 0.2) is 52.9 Å². The number of piperidine rings is 1. The molecule has 0 spiro atoms. The summed E-state index contributed by atoms with van der Waals surface area (Å²) in [6, 6.07) is 10.1. The second-order valence-corrected chi connectivity index (χ2v) is 12.4. The molecule has 0 unspecified atom stereocenters. The molecule has 2 aromatic heterocycles. The van der Waals surface area contributed by atoms with Crippen molar-refractivity contribution >= 4 is 40.3 Å². The van der Waals surface area contributed by atoms with E-state index in [2.05, 4.69) is 25.5 Å². The monoisotopic (exact) mass is 668 g/mol. The topological polar surface area (TPSA) is 141 Å². The summed E-state index contributed by atoms with van der Waals surface area (Å²) in [7, 11) is 0. The lowest BCUT2D eigenvalue weighted by Crippen LogP contribution is -2.49. The van der Waals surface area contributed by atoms with Gasteiger partial charge in [0.05, 0.1) is 11.3 Å². The lowest BCUT2D eigenvalue weighted by Gasteiger charge is -2.31. The predicted octanol–water partition coefficient (Wildman–Crippen LogP) is 5.69. The summed E-state index contributed by atoms with van der Waals surface area (Å²) in [5, 5.41) is 15.6. The number of imide groups is 1. The first-order valence-electron chi connectivity index (χ1n) is 15.3. The van der Waals surface area contributed by atoms with E-state index in [1.54, 1.807) is 18.2 Å². The normalized spacial score (nSPS) is 16.8. The van der Waals surface area contributed by atoms with Crippen LogP contribution in [0.3, 0.4) is 0 Å². The van der Waals surface area contributed by atoms with Gasteiger partial charge in [-0.15, -0.1) is 0 Å². The van der Waals surface area contributed by atoms with Gasteiger partial charge in [-0.1, -0.05) is 12.1 Å². The molecular weight excluding hydrogens is 636 g/mol. The van der Waals surface area contributed by atoms with Gasteiger partial charge in [0.1, 0.15) is 22.7 Å². The Morgan fingerprint density at radius 3 is 2.48 bits per heavy atom. The Morgan fingerprint density at radius 2 is 1.81 bits per heavy atom. The highest BCUT2D eigenvalue weighted by Crippen LogP contribution is 2.36. The minimum absolute atomic E-state index is 0.0564. The maximum Gasteiger partial charge on any atom is 0.433 e. The summed E-state index contributed by atoms with van der Waals surface area (Å²) < 4.78 is 60.6. The van der Waals surface area contributed by atoms with Gasteiger partial charge in [0, 0.05) is 48.3 Å². The van der Waals surface area contributed by atoms with E-state index < -0.39 is 40.9 Å². The van der Waals surface area contributed by atoms with Gasteiger partial charge in [0.2, 0.25) is 5.91 Å². The molecule has 4 aromatic rings. The number of fused-ring (bicyclic) bond motifs is 1. The van der Waals surface area contributed by atoms with E-state index in [-0.39, 0.29) is 36.0 Å². The number of aromatic nitrogens is 2. The number of nitrogens with zero attached hydrogens (tertiary/aromatic N) is 4. The summed E-state index contributed by atoms with van der Waals surface area (Å²) in [6.45, 7) is 4.80. The van der Waals surface area contributed by atoms with Crippen LogP contribution in [0.1, 0.15) is 72.2 Å². The van der Waals surface area contributed by atoms with Crippen molar-refractivity contribution in [2.45, 2.75) is 57.3 Å². The van der Waals surface area contributed by atoms with E-state index in [1.165, 1.54) is 30.9 Å². The van der Waals surface area contributed by atoms with Crippen molar-refractivity contribution in [2.24, 2.45) is 0 Å². The lowest BCUT2D eigenvalue weighted by atomic mass is 9.95. The molecule has 2 aliphatic heterocycles. The quantitative estimate of drug-likeness (QED) is 0.214. The van der Waals surface area contributed by atoms with Gasteiger partial charge >= 0.3 is 12.2 Å². The molecule has 11 nitrogen and oxygen atoms in total. The highest BCUT2D eigenvalue weighted by atomic mass is 19.4. The summed E-state index contributed by atoms with van der Waals surface area (Å²) >= 11 is 0. The highest BCUT2D eigenvalue weighted by molar-refractivity contribution is 6.05. The van der Waals surface area contributed by atoms with Gasteiger partial charge < -0.3 is 14.8 Å². The number of likely N-dealkylation sites (tertiary alicyclic amines) is 1. The Labute approximate surface area is 271 Å². The number of alkyl halides is 3. The van der Waals surface area contributed by atoms with Crippen molar-refractivity contribution in [2.75, 3.05) is 29.9 Å². The van der Waals surface area contributed by atoms with E-state index in [1.807, 2.05) is 0 Å². The van der Waals surface area contributed by atoms with Gasteiger partial charge in [0.15, 0.2) is 11.5 Å². The van der Waals surface area contributed by atoms with E-state index in [0.717, 1.165) is 18.2 Å². The molecule has 0 saturated carbocycles. The van der Waals surface area contributed by atoms with Gasteiger partial charge in [0.25, 0.3) is 5.91 Å². The number of benzene rings is 2. The lowest BCUT2D eigenvalue weighted by molar-refractivity contribution is -0.141. The molecule has 0 aliphatic carbocycles. The third kappa shape index (κ3) is 7.01. The Kier molecular flexibility index (Phi) is 8.68. The Morgan fingerprint density at radius 1 is 1.06 bits per heavy atom. The number of pyridine rings is 1. The van der Waals surface area contributed by atoms with Crippen molar-refractivity contribution in [3.05, 3.63) is 82.8 Å². The third-order valence-corrected chi connectivity index (χ3v) is 8.46. The zero-order valence-electron chi connectivity index (χ0n) is 26.0. The molecule has 6 rings (SSSR count). The maximum absolute atomic E-state index is 15.0. The molecule has 252 valence electrons. The number of urea groups is 1. The summed E-state index contributed by atoms with van der Waals surface area (Å²) in [4.78, 5) is 48.0. The number of anilines is 2. The first kappa shape index (κ1) is 33.0. The zero-order valence-corrected chi connectivity index (χ0v) is 26.0. The van der Waals surface area contributed by atoms with Crippen LogP contribution in [0.4, 0.5) is 33.7 Å². The number of nitrogens with one attached hydrogen (secondary N) is 2. The molecule has 4 heterocycles. The van der Waals surface area contributed by atoms with Crippen LogP contribution < -0.4 is 15.5 Å². The smallest absolute Gasteiger partial charge is 0.433 e. The number of oxazole rings is 1. The Hall–Kier alpha value is -4.89. The molecular formula is C33H32F4N6O5. The summed E-state index contributed by atoms with van der Waals surface area (Å²) in [6.07, 6.45) is -3.25. The molecule has 2 saturated heterocycles. The van der Waals surface area contributed by atoms with Gasteiger partial charge in [-0.2, -0.15) is 13.2 Å². The Balaban J connectivity index is 1.14. The molecule has 0 atom stereocenters. The van der Waals surface area contributed by atoms with Crippen molar-refractivity contribution in [1.29, 1.82) is 0 Å². The van der Waals surface area contributed by atoms with Crippen LogP contribution in [0.25, 0.3) is 11.1 Å². The van der Waals surface area contributed by atoms with Crippen molar-refractivity contribution < 1.29 is 41.5 Å². The van der Waals surface area contributed by atoms with Crippen LogP contribution >= 0.6 is 0 Å². The number of aliphatic hydroxyl groups is 1. The number of carbonyl (C=O) groups is 3. The first-order valence-corrected chi connectivity index (χ1v) is 15.3.